The topological polar surface area (TPSA) is 68.5 Å². The van der Waals surface area contributed by atoms with Crippen molar-refractivity contribution < 1.29 is 13.9 Å². The quantitative estimate of drug-likeness (QED) is 0.654. The third-order valence-electron chi connectivity index (χ3n) is 4.74. The minimum Gasteiger partial charge on any atom is -0.484 e. The van der Waals surface area contributed by atoms with E-state index >= 15 is 0 Å². The Morgan fingerprint density at radius 1 is 1.33 bits per heavy atom. The second-order valence-electron chi connectivity index (χ2n) is 6.88. The molecule has 3 rings (SSSR count). The summed E-state index contributed by atoms with van der Waals surface area (Å²) < 4.78 is 11.2. The standard InChI is InChI=1S/C19H24ClN3O3S/c1-12-9-15(7-8-16(12)20)25-10-17-21-22-19(26-17)27-11-18(24)23-13(2)5-4-6-14(23)3/h7-9,13-14H,4-6,10-11H2,1-3H3/t13-,14-/m1/s1. The van der Waals surface area contributed by atoms with Crippen molar-refractivity contribution in [1.82, 2.24) is 15.1 Å². The number of amides is 1. The van der Waals surface area contributed by atoms with Crippen molar-refractivity contribution in [2.45, 2.75) is 63.9 Å². The van der Waals surface area contributed by atoms with Gasteiger partial charge in [0.15, 0.2) is 6.61 Å². The maximum Gasteiger partial charge on any atom is 0.277 e. The molecule has 0 spiro atoms. The Morgan fingerprint density at radius 3 is 2.78 bits per heavy atom. The van der Waals surface area contributed by atoms with E-state index in [0.717, 1.165) is 18.4 Å². The van der Waals surface area contributed by atoms with Crippen LogP contribution in [0.4, 0.5) is 0 Å². The summed E-state index contributed by atoms with van der Waals surface area (Å²) in [4.78, 5) is 14.5. The van der Waals surface area contributed by atoms with Crippen molar-refractivity contribution in [3.8, 4) is 5.75 Å². The molecule has 1 aliphatic heterocycles. The van der Waals surface area contributed by atoms with Gasteiger partial charge in [-0.1, -0.05) is 23.4 Å². The predicted octanol–water partition coefficient (Wildman–Crippen LogP) is 4.49. The van der Waals surface area contributed by atoms with E-state index in [9.17, 15) is 4.79 Å². The van der Waals surface area contributed by atoms with Crippen molar-refractivity contribution in [2.24, 2.45) is 0 Å². The van der Waals surface area contributed by atoms with Gasteiger partial charge in [-0.3, -0.25) is 4.79 Å². The van der Waals surface area contributed by atoms with Crippen LogP contribution in [0.1, 0.15) is 44.6 Å². The minimum atomic E-state index is 0.118. The molecule has 0 bridgehead atoms. The van der Waals surface area contributed by atoms with E-state index in [2.05, 4.69) is 24.0 Å². The van der Waals surface area contributed by atoms with Crippen LogP contribution in [0.5, 0.6) is 5.75 Å². The number of carbonyl (C=O) groups is 1. The Kier molecular flexibility index (Phi) is 6.65. The van der Waals surface area contributed by atoms with E-state index in [0.29, 0.717) is 27.6 Å². The van der Waals surface area contributed by atoms with Gasteiger partial charge in [0.25, 0.3) is 11.1 Å². The summed E-state index contributed by atoms with van der Waals surface area (Å²) in [5.41, 5.74) is 0.940. The smallest absolute Gasteiger partial charge is 0.277 e. The van der Waals surface area contributed by atoms with Gasteiger partial charge in [-0.2, -0.15) is 0 Å². The fraction of sp³-hybridized carbons (Fsp3) is 0.526. The van der Waals surface area contributed by atoms with E-state index in [1.54, 1.807) is 12.1 Å². The zero-order chi connectivity index (χ0) is 19.4. The van der Waals surface area contributed by atoms with E-state index in [1.807, 2.05) is 17.9 Å². The van der Waals surface area contributed by atoms with E-state index in [4.69, 9.17) is 20.8 Å². The minimum absolute atomic E-state index is 0.118. The van der Waals surface area contributed by atoms with Crippen molar-refractivity contribution in [1.29, 1.82) is 0 Å². The SMILES string of the molecule is Cc1cc(OCc2nnc(SCC(=O)N3[C@H](C)CCC[C@H]3C)o2)ccc1Cl. The second kappa shape index (κ2) is 8.97. The first-order valence-corrected chi connectivity index (χ1v) is 10.5. The van der Waals surface area contributed by atoms with Crippen LogP contribution in [-0.2, 0) is 11.4 Å². The molecule has 1 saturated heterocycles. The number of likely N-dealkylation sites (tertiary alicyclic amines) is 1. The molecule has 0 radical (unpaired) electrons. The van der Waals surface area contributed by atoms with Crippen LogP contribution in [-0.4, -0.2) is 38.8 Å². The van der Waals surface area contributed by atoms with Gasteiger partial charge in [0.05, 0.1) is 5.75 Å². The Balaban J connectivity index is 1.50. The molecule has 2 heterocycles. The Bertz CT molecular complexity index is 788. The summed E-state index contributed by atoms with van der Waals surface area (Å²) in [6, 6.07) is 6.01. The summed E-state index contributed by atoms with van der Waals surface area (Å²) in [6.45, 7) is 6.30. The number of rotatable bonds is 6. The summed E-state index contributed by atoms with van der Waals surface area (Å²) in [6.07, 6.45) is 3.30. The van der Waals surface area contributed by atoms with Gasteiger partial charge in [-0.05, 0) is 63.8 Å². The summed E-state index contributed by atoms with van der Waals surface area (Å²) in [5.74, 6) is 1.48. The molecule has 6 nitrogen and oxygen atoms in total. The third-order valence-corrected chi connectivity index (χ3v) is 5.97. The highest BCUT2D eigenvalue weighted by Gasteiger charge is 2.29. The molecule has 0 unspecified atom stereocenters. The average molecular weight is 410 g/mol. The molecule has 1 fully saturated rings. The van der Waals surface area contributed by atoms with Gasteiger partial charge in [0, 0.05) is 17.1 Å². The van der Waals surface area contributed by atoms with Crippen molar-refractivity contribution in [3.05, 3.63) is 34.7 Å². The molecule has 1 aliphatic rings. The number of thioether (sulfide) groups is 1. The number of ether oxygens (including phenoxy) is 1. The van der Waals surface area contributed by atoms with Crippen LogP contribution >= 0.6 is 23.4 Å². The summed E-state index contributed by atoms with van der Waals surface area (Å²) in [7, 11) is 0. The van der Waals surface area contributed by atoms with Crippen molar-refractivity contribution >= 4 is 29.3 Å². The molecule has 1 aromatic carbocycles. The van der Waals surface area contributed by atoms with E-state index in [1.165, 1.54) is 18.2 Å². The number of aryl methyl sites for hydroxylation is 1. The fourth-order valence-corrected chi connectivity index (χ4v) is 4.09. The Morgan fingerprint density at radius 2 is 2.07 bits per heavy atom. The molecule has 0 N–H and O–H groups in total. The Labute approximate surface area is 168 Å². The van der Waals surface area contributed by atoms with Crippen LogP contribution in [0, 0.1) is 6.92 Å². The molecule has 2 atom stereocenters. The van der Waals surface area contributed by atoms with Crippen LogP contribution in [0.3, 0.4) is 0 Å². The zero-order valence-electron chi connectivity index (χ0n) is 15.8. The van der Waals surface area contributed by atoms with Gasteiger partial charge in [0.2, 0.25) is 5.91 Å². The lowest BCUT2D eigenvalue weighted by molar-refractivity contribution is -0.134. The number of benzene rings is 1. The highest BCUT2D eigenvalue weighted by atomic mass is 35.5. The first-order valence-electron chi connectivity index (χ1n) is 9.09. The fourth-order valence-electron chi connectivity index (χ4n) is 3.32. The van der Waals surface area contributed by atoms with Crippen molar-refractivity contribution in [3.63, 3.8) is 0 Å². The molecular weight excluding hydrogens is 386 g/mol. The molecule has 2 aromatic rings. The number of nitrogens with zero attached hydrogens (tertiary/aromatic N) is 3. The van der Waals surface area contributed by atoms with Crippen molar-refractivity contribution in [2.75, 3.05) is 5.75 Å². The largest absolute Gasteiger partial charge is 0.484 e. The lowest BCUT2D eigenvalue weighted by Crippen LogP contribution is -2.48. The Hall–Kier alpha value is -1.73. The lowest BCUT2D eigenvalue weighted by Gasteiger charge is -2.39. The van der Waals surface area contributed by atoms with Crippen LogP contribution in [0.15, 0.2) is 27.8 Å². The molecule has 146 valence electrons. The number of piperidine rings is 1. The number of hydrogen-bond donors (Lipinski definition) is 0. The highest BCUT2D eigenvalue weighted by molar-refractivity contribution is 7.99. The number of hydrogen-bond acceptors (Lipinski definition) is 6. The van der Waals surface area contributed by atoms with Gasteiger partial charge in [-0.25, -0.2) is 0 Å². The highest BCUT2D eigenvalue weighted by Crippen LogP contribution is 2.25. The average Bonchev–Trinajstić information content (AvgIpc) is 3.09. The van der Waals surface area contributed by atoms with Crippen LogP contribution in [0.25, 0.3) is 0 Å². The van der Waals surface area contributed by atoms with E-state index < -0.39 is 0 Å². The summed E-state index contributed by atoms with van der Waals surface area (Å²) in [5, 5.41) is 9.04. The number of carbonyl (C=O) groups excluding carboxylic acids is 1. The molecule has 1 aromatic heterocycles. The summed E-state index contributed by atoms with van der Waals surface area (Å²) >= 11 is 7.27. The molecule has 8 heteroatoms. The third kappa shape index (κ3) is 5.17. The lowest BCUT2D eigenvalue weighted by atomic mass is 9.98. The van der Waals surface area contributed by atoms with Gasteiger partial charge >= 0.3 is 0 Å². The molecule has 27 heavy (non-hydrogen) atoms. The maximum absolute atomic E-state index is 12.5. The van der Waals surface area contributed by atoms with Crippen LogP contribution in [0.2, 0.25) is 5.02 Å². The number of aromatic nitrogens is 2. The normalized spacial score (nSPS) is 19.9. The monoisotopic (exact) mass is 409 g/mol. The second-order valence-corrected chi connectivity index (χ2v) is 8.21. The molecule has 0 aliphatic carbocycles. The van der Waals surface area contributed by atoms with Gasteiger partial charge < -0.3 is 14.1 Å². The first-order chi connectivity index (χ1) is 12.9. The maximum atomic E-state index is 12.5. The molecular formula is C19H24ClN3O3S. The number of halogens is 1. The van der Waals surface area contributed by atoms with Gasteiger partial charge in [-0.15, -0.1) is 10.2 Å². The van der Waals surface area contributed by atoms with Crippen LogP contribution < -0.4 is 4.74 Å². The zero-order valence-corrected chi connectivity index (χ0v) is 17.3. The molecule has 0 saturated carbocycles. The van der Waals surface area contributed by atoms with Gasteiger partial charge in [0.1, 0.15) is 5.75 Å². The molecule has 1 amide bonds. The first kappa shape index (κ1) is 20.0. The van der Waals surface area contributed by atoms with E-state index in [-0.39, 0.29) is 24.6 Å². The predicted molar refractivity (Wildman–Crippen MR) is 105 cm³/mol.